The monoisotopic (exact) mass is 332 g/mol. The first-order valence-corrected chi connectivity index (χ1v) is 8.55. The number of non-ortho nitro benzene ring substituents is 1. The number of benzene rings is 2. The molecule has 6 nitrogen and oxygen atoms in total. The van der Waals surface area contributed by atoms with Gasteiger partial charge in [-0.1, -0.05) is 18.2 Å². The number of rotatable bonds is 5. The van der Waals surface area contributed by atoms with Crippen LogP contribution in [0.1, 0.15) is 21.5 Å². The maximum atomic E-state index is 12.3. The third-order valence-electron chi connectivity index (χ3n) is 3.37. The number of hydrogen-bond acceptors (Lipinski definition) is 4. The van der Waals surface area contributed by atoms with Gasteiger partial charge in [0.1, 0.15) is 0 Å². The van der Waals surface area contributed by atoms with Crippen LogP contribution < -0.4 is 5.32 Å². The number of hydrogen-bond donors (Lipinski definition) is 1. The van der Waals surface area contributed by atoms with Crippen molar-refractivity contribution in [2.45, 2.75) is 12.7 Å². The smallest absolute Gasteiger partial charge is 0.270 e. The van der Waals surface area contributed by atoms with Crippen molar-refractivity contribution in [3.8, 4) is 0 Å². The van der Waals surface area contributed by atoms with Crippen molar-refractivity contribution in [1.29, 1.82) is 0 Å². The fraction of sp³-hybridized carbons (Fsp3) is 0.188. The summed E-state index contributed by atoms with van der Waals surface area (Å²) >= 11 is 0. The maximum Gasteiger partial charge on any atom is 0.270 e. The minimum atomic E-state index is -0.980. The second-order valence-corrected chi connectivity index (χ2v) is 6.50. The predicted octanol–water partition coefficient (Wildman–Crippen LogP) is 3.03. The lowest BCUT2D eigenvalue weighted by Gasteiger charge is -2.12. The lowest BCUT2D eigenvalue weighted by Crippen LogP contribution is -2.13. The molecule has 0 radical (unpaired) electrons. The molecule has 0 spiro atoms. The third kappa shape index (κ3) is 4.23. The van der Waals surface area contributed by atoms with Crippen molar-refractivity contribution >= 4 is 28.1 Å². The summed E-state index contributed by atoms with van der Waals surface area (Å²) in [7, 11) is -0.980. The van der Waals surface area contributed by atoms with E-state index in [1.165, 1.54) is 24.3 Å². The first kappa shape index (κ1) is 16.8. The number of nitrogens with one attached hydrogen (secondary N) is 1. The van der Waals surface area contributed by atoms with E-state index in [0.717, 1.165) is 11.1 Å². The fourth-order valence-corrected chi connectivity index (χ4v) is 2.90. The van der Waals surface area contributed by atoms with Crippen LogP contribution in [0, 0.1) is 17.0 Å². The highest BCUT2D eigenvalue weighted by molar-refractivity contribution is 7.83. The number of amides is 1. The Kier molecular flexibility index (Phi) is 5.23. The molecule has 0 aliphatic rings. The Balaban J connectivity index is 2.25. The summed E-state index contributed by atoms with van der Waals surface area (Å²) in [6.07, 6.45) is 1.62. The van der Waals surface area contributed by atoms with Crippen LogP contribution in [0.3, 0.4) is 0 Å². The number of nitro benzene ring substituents is 1. The summed E-state index contributed by atoms with van der Waals surface area (Å²) in [5, 5.41) is 13.5. The van der Waals surface area contributed by atoms with Crippen LogP contribution in [0.25, 0.3) is 0 Å². The largest absolute Gasteiger partial charge is 0.322 e. The number of nitro groups is 1. The van der Waals surface area contributed by atoms with E-state index < -0.39 is 21.6 Å². The molecule has 1 atom stereocenters. The topological polar surface area (TPSA) is 89.3 Å². The van der Waals surface area contributed by atoms with Crippen LogP contribution in [0.2, 0.25) is 0 Å². The number of carbonyl (C=O) groups excluding carboxylic acids is 1. The maximum absolute atomic E-state index is 12.3. The van der Waals surface area contributed by atoms with Crippen molar-refractivity contribution in [2.24, 2.45) is 0 Å². The molecule has 0 saturated heterocycles. The van der Waals surface area contributed by atoms with Gasteiger partial charge >= 0.3 is 0 Å². The van der Waals surface area contributed by atoms with Crippen LogP contribution in [0.5, 0.6) is 0 Å². The van der Waals surface area contributed by atoms with Gasteiger partial charge in [-0.3, -0.25) is 19.1 Å². The molecule has 0 saturated carbocycles. The summed E-state index contributed by atoms with van der Waals surface area (Å²) < 4.78 is 11.4. The Morgan fingerprint density at radius 3 is 2.61 bits per heavy atom. The Morgan fingerprint density at radius 1 is 1.26 bits per heavy atom. The van der Waals surface area contributed by atoms with Gasteiger partial charge < -0.3 is 5.32 Å². The van der Waals surface area contributed by atoms with Gasteiger partial charge in [0.15, 0.2) is 0 Å². The average molecular weight is 332 g/mol. The molecule has 0 fully saturated rings. The number of anilines is 1. The molecule has 2 rings (SSSR count). The highest BCUT2D eigenvalue weighted by atomic mass is 32.2. The van der Waals surface area contributed by atoms with E-state index in [-0.39, 0.29) is 11.3 Å². The molecule has 0 aliphatic heterocycles. The van der Waals surface area contributed by atoms with Gasteiger partial charge in [0.05, 0.1) is 4.92 Å². The predicted molar refractivity (Wildman–Crippen MR) is 90.0 cm³/mol. The summed E-state index contributed by atoms with van der Waals surface area (Å²) in [6, 6.07) is 10.9. The van der Waals surface area contributed by atoms with Gasteiger partial charge in [-0.25, -0.2) is 0 Å². The van der Waals surface area contributed by atoms with Gasteiger partial charge in [-0.05, 0) is 30.2 Å². The number of nitrogens with zero attached hydrogens (tertiary/aromatic N) is 1. The first-order chi connectivity index (χ1) is 10.9. The highest BCUT2D eigenvalue weighted by Crippen LogP contribution is 2.21. The second-order valence-electron chi connectivity index (χ2n) is 5.07. The van der Waals surface area contributed by atoms with Crippen LogP contribution in [-0.4, -0.2) is 21.3 Å². The van der Waals surface area contributed by atoms with Crippen LogP contribution in [0.15, 0.2) is 42.5 Å². The molecule has 1 amide bonds. The molecule has 0 aliphatic carbocycles. The third-order valence-corrected chi connectivity index (χ3v) is 4.09. The van der Waals surface area contributed by atoms with Crippen molar-refractivity contribution in [3.05, 3.63) is 69.3 Å². The summed E-state index contributed by atoms with van der Waals surface area (Å²) in [4.78, 5) is 22.5. The molecular formula is C16H16N2O4S. The van der Waals surface area contributed by atoms with Gasteiger partial charge in [-0.2, -0.15) is 0 Å². The summed E-state index contributed by atoms with van der Waals surface area (Å²) in [5.41, 5.74) is 2.40. The Bertz CT molecular complexity index is 789. The van der Waals surface area contributed by atoms with E-state index in [0.29, 0.717) is 11.4 Å². The van der Waals surface area contributed by atoms with E-state index in [2.05, 4.69) is 5.32 Å². The lowest BCUT2D eigenvalue weighted by atomic mass is 10.1. The van der Waals surface area contributed by atoms with Gasteiger partial charge in [0.2, 0.25) is 0 Å². The van der Waals surface area contributed by atoms with Crippen molar-refractivity contribution in [2.75, 3.05) is 11.6 Å². The Labute approximate surface area is 136 Å². The van der Waals surface area contributed by atoms with Crippen molar-refractivity contribution in [1.82, 2.24) is 0 Å². The average Bonchev–Trinajstić information content (AvgIpc) is 2.51. The lowest BCUT2D eigenvalue weighted by molar-refractivity contribution is -0.384. The minimum absolute atomic E-state index is 0.135. The zero-order valence-electron chi connectivity index (χ0n) is 12.7. The van der Waals surface area contributed by atoms with E-state index in [1.807, 2.05) is 13.0 Å². The van der Waals surface area contributed by atoms with E-state index in [9.17, 15) is 19.1 Å². The summed E-state index contributed by atoms with van der Waals surface area (Å²) in [5.74, 6) is -0.0154. The zero-order chi connectivity index (χ0) is 17.0. The quantitative estimate of drug-likeness (QED) is 0.673. The van der Waals surface area contributed by atoms with Crippen molar-refractivity contribution in [3.63, 3.8) is 0 Å². The molecule has 2 aromatic rings. The molecule has 0 bridgehead atoms. The van der Waals surface area contributed by atoms with Gasteiger partial charge in [-0.15, -0.1) is 0 Å². The first-order valence-electron chi connectivity index (χ1n) is 6.83. The van der Waals surface area contributed by atoms with Crippen LogP contribution in [-0.2, 0) is 16.6 Å². The number of carbonyl (C=O) groups is 1. The molecule has 0 aromatic heterocycles. The van der Waals surface area contributed by atoms with E-state index in [4.69, 9.17) is 0 Å². The molecular weight excluding hydrogens is 316 g/mol. The van der Waals surface area contributed by atoms with E-state index in [1.54, 1.807) is 18.4 Å². The van der Waals surface area contributed by atoms with Gasteiger partial charge in [0.25, 0.3) is 11.6 Å². The molecule has 23 heavy (non-hydrogen) atoms. The summed E-state index contributed by atoms with van der Waals surface area (Å²) in [6.45, 7) is 1.84. The second kappa shape index (κ2) is 7.15. The van der Waals surface area contributed by atoms with Gasteiger partial charge in [0, 0.05) is 46.2 Å². The zero-order valence-corrected chi connectivity index (χ0v) is 13.6. The Hall–Kier alpha value is -2.54. The fourth-order valence-electron chi connectivity index (χ4n) is 2.15. The Morgan fingerprint density at radius 2 is 1.96 bits per heavy atom. The molecule has 0 heterocycles. The van der Waals surface area contributed by atoms with E-state index >= 15 is 0 Å². The van der Waals surface area contributed by atoms with Crippen LogP contribution in [0.4, 0.5) is 11.4 Å². The molecule has 1 unspecified atom stereocenters. The van der Waals surface area contributed by atoms with Crippen LogP contribution >= 0.6 is 0 Å². The highest BCUT2D eigenvalue weighted by Gasteiger charge is 2.13. The molecule has 2 aromatic carbocycles. The molecule has 7 heteroatoms. The molecule has 120 valence electrons. The van der Waals surface area contributed by atoms with Crippen molar-refractivity contribution < 1.29 is 13.9 Å². The normalized spacial score (nSPS) is 11.7. The minimum Gasteiger partial charge on any atom is -0.322 e. The molecule has 1 N–H and O–H groups in total. The standard InChI is InChI=1S/C16H16N2O4S/c1-11-13(10-23(2)22)6-4-8-15(11)17-16(19)12-5-3-7-14(9-12)18(20)21/h3-9H,10H2,1-2H3,(H,17,19). The SMILES string of the molecule is Cc1c(CS(C)=O)cccc1NC(=O)c1cccc([N+](=O)[O-])c1.